The number of hydrogen-bond donors (Lipinski definition) is 2. The van der Waals surface area contributed by atoms with E-state index in [9.17, 15) is 13.6 Å². The Kier molecular flexibility index (Phi) is 7.20. The molecule has 2 N–H and O–H groups in total. The van der Waals surface area contributed by atoms with Gasteiger partial charge in [0.05, 0.1) is 17.7 Å². The summed E-state index contributed by atoms with van der Waals surface area (Å²) < 4.78 is 33.9. The van der Waals surface area contributed by atoms with Crippen molar-refractivity contribution in [1.82, 2.24) is 0 Å². The topological polar surface area (TPSA) is 59.6 Å². The van der Waals surface area contributed by atoms with Crippen LogP contribution < -0.4 is 15.4 Å². The van der Waals surface area contributed by atoms with Crippen molar-refractivity contribution in [2.24, 2.45) is 0 Å². The third kappa shape index (κ3) is 5.44. The van der Waals surface area contributed by atoms with Crippen molar-refractivity contribution >= 4 is 56.9 Å². The van der Waals surface area contributed by atoms with Crippen molar-refractivity contribution in [1.29, 1.82) is 0 Å². The molecule has 0 saturated heterocycles. The molecule has 3 rings (SSSR count). The number of esters is 1. The van der Waals surface area contributed by atoms with Gasteiger partial charge in [0.15, 0.2) is 5.11 Å². The minimum absolute atomic E-state index is 0.000775. The van der Waals surface area contributed by atoms with E-state index >= 15 is 0 Å². The van der Waals surface area contributed by atoms with Crippen LogP contribution in [0.3, 0.4) is 0 Å². The lowest BCUT2D eigenvalue weighted by Crippen LogP contribution is -2.20. The Morgan fingerprint density at radius 2 is 1.87 bits per heavy atom. The predicted octanol–water partition coefficient (Wildman–Crippen LogP) is 6.27. The number of anilines is 2. The zero-order valence-corrected chi connectivity index (χ0v) is 17.8. The van der Waals surface area contributed by atoms with Crippen LogP contribution in [0.15, 0.2) is 54.6 Å². The van der Waals surface area contributed by atoms with Crippen LogP contribution in [0.4, 0.5) is 19.5 Å². The molecule has 0 aliphatic heterocycles. The fourth-order valence-electron chi connectivity index (χ4n) is 2.53. The molecule has 0 radical (unpaired) electrons. The predicted molar refractivity (Wildman–Crippen MR) is 119 cm³/mol. The van der Waals surface area contributed by atoms with E-state index in [4.69, 9.17) is 28.6 Å². The van der Waals surface area contributed by atoms with Crippen molar-refractivity contribution in [3.05, 3.63) is 65.2 Å². The van der Waals surface area contributed by atoms with E-state index in [-0.39, 0.29) is 15.9 Å². The Hall–Kier alpha value is -2.75. The number of benzene rings is 2. The highest BCUT2D eigenvalue weighted by Gasteiger charge is 2.19. The van der Waals surface area contributed by atoms with Gasteiger partial charge in [-0.3, -0.25) is 0 Å². The minimum Gasteiger partial charge on any atom is -0.465 e. The van der Waals surface area contributed by atoms with Crippen LogP contribution in [-0.2, 0) is 4.74 Å². The summed E-state index contributed by atoms with van der Waals surface area (Å²) in [6.45, 7) is -2.97. The van der Waals surface area contributed by atoms with Gasteiger partial charge in [-0.05, 0) is 42.0 Å². The molecular formula is C20H15ClF2N2O3S2. The van der Waals surface area contributed by atoms with Gasteiger partial charge in [0.1, 0.15) is 10.8 Å². The molecule has 0 bridgehead atoms. The largest absolute Gasteiger partial charge is 0.465 e. The number of carbonyl (C=O) groups is 1. The normalized spacial score (nSPS) is 10.6. The first kappa shape index (κ1) is 21.9. The van der Waals surface area contributed by atoms with Crippen LogP contribution in [0, 0.1) is 0 Å². The fourth-order valence-corrected chi connectivity index (χ4v) is 4.09. The molecule has 1 heterocycles. The number of halogens is 3. The second-order valence-corrected chi connectivity index (χ2v) is 7.68. The van der Waals surface area contributed by atoms with Crippen LogP contribution in [0.2, 0.25) is 5.02 Å². The SMILES string of the molecule is COC(=O)c1cc(-c2ccccc2)sc1NC(=S)Nc1ccc(OC(F)F)c(Cl)c1. The summed E-state index contributed by atoms with van der Waals surface area (Å²) >= 11 is 12.6. The van der Waals surface area contributed by atoms with E-state index in [0.29, 0.717) is 16.3 Å². The maximum Gasteiger partial charge on any atom is 0.387 e. The molecule has 2 aromatic carbocycles. The third-order valence-electron chi connectivity index (χ3n) is 3.83. The smallest absolute Gasteiger partial charge is 0.387 e. The van der Waals surface area contributed by atoms with E-state index in [1.165, 1.54) is 36.6 Å². The Balaban J connectivity index is 1.78. The summed E-state index contributed by atoms with van der Waals surface area (Å²) in [5.41, 5.74) is 1.74. The summed E-state index contributed by atoms with van der Waals surface area (Å²) in [6, 6.07) is 15.5. The summed E-state index contributed by atoms with van der Waals surface area (Å²) in [4.78, 5) is 13.0. The van der Waals surface area contributed by atoms with Gasteiger partial charge in [-0.2, -0.15) is 8.78 Å². The summed E-state index contributed by atoms with van der Waals surface area (Å²) in [6.07, 6.45) is 0. The quantitative estimate of drug-likeness (QED) is 0.328. The number of carbonyl (C=O) groups excluding carboxylic acids is 1. The Bertz CT molecular complexity index is 1060. The van der Waals surface area contributed by atoms with Crippen molar-refractivity contribution < 1.29 is 23.0 Å². The molecule has 5 nitrogen and oxygen atoms in total. The average Bonchev–Trinajstić information content (AvgIpc) is 3.13. The van der Waals surface area contributed by atoms with Gasteiger partial charge in [0.25, 0.3) is 0 Å². The number of alkyl halides is 2. The van der Waals surface area contributed by atoms with Gasteiger partial charge in [-0.15, -0.1) is 11.3 Å². The molecule has 0 spiro atoms. The van der Waals surface area contributed by atoms with Crippen molar-refractivity contribution in [3.8, 4) is 16.2 Å². The molecule has 0 fully saturated rings. The monoisotopic (exact) mass is 468 g/mol. The van der Waals surface area contributed by atoms with E-state index in [1.54, 1.807) is 6.07 Å². The highest BCUT2D eigenvalue weighted by atomic mass is 35.5. The molecular weight excluding hydrogens is 454 g/mol. The fraction of sp³-hybridized carbons (Fsp3) is 0.100. The van der Waals surface area contributed by atoms with E-state index in [0.717, 1.165) is 10.4 Å². The second kappa shape index (κ2) is 9.84. The summed E-state index contributed by atoms with van der Waals surface area (Å²) in [5, 5.41) is 6.55. The van der Waals surface area contributed by atoms with Gasteiger partial charge in [-0.1, -0.05) is 41.9 Å². The molecule has 0 amide bonds. The standard InChI is InChI=1S/C20H15ClF2N2O3S2/c1-27-18(26)13-10-16(11-5-3-2-4-6-11)30-17(13)25-20(29)24-12-7-8-15(14(21)9-12)28-19(22)23/h2-10,19H,1H3,(H2,24,25,29). The Labute approximate surface area is 185 Å². The minimum atomic E-state index is -2.97. The van der Waals surface area contributed by atoms with E-state index in [1.807, 2.05) is 30.3 Å². The van der Waals surface area contributed by atoms with Crippen LogP contribution >= 0.6 is 35.2 Å². The molecule has 3 aromatic rings. The lowest BCUT2D eigenvalue weighted by atomic mass is 10.1. The zero-order valence-electron chi connectivity index (χ0n) is 15.4. The van der Waals surface area contributed by atoms with Gasteiger partial charge in [0.2, 0.25) is 0 Å². The molecule has 0 aliphatic carbocycles. The molecule has 0 unspecified atom stereocenters. The number of nitrogens with one attached hydrogen (secondary N) is 2. The van der Waals surface area contributed by atoms with Crippen molar-refractivity contribution in [3.63, 3.8) is 0 Å². The highest BCUT2D eigenvalue weighted by molar-refractivity contribution is 7.80. The van der Waals surface area contributed by atoms with Crippen LogP contribution in [0.1, 0.15) is 10.4 Å². The number of thiocarbonyl (C=S) groups is 1. The molecule has 0 aliphatic rings. The summed E-state index contributed by atoms with van der Waals surface area (Å²) in [7, 11) is 1.30. The van der Waals surface area contributed by atoms with Gasteiger partial charge < -0.3 is 20.1 Å². The first-order valence-electron chi connectivity index (χ1n) is 8.47. The number of hydrogen-bond acceptors (Lipinski definition) is 5. The van der Waals surface area contributed by atoms with Crippen LogP contribution in [-0.4, -0.2) is 24.8 Å². The first-order valence-corrected chi connectivity index (χ1v) is 10.1. The summed E-state index contributed by atoms with van der Waals surface area (Å²) in [5.74, 6) is -0.648. The van der Waals surface area contributed by atoms with Crippen LogP contribution in [0.5, 0.6) is 5.75 Å². The number of rotatable bonds is 6. The average molecular weight is 469 g/mol. The Morgan fingerprint density at radius 3 is 2.50 bits per heavy atom. The van der Waals surface area contributed by atoms with Gasteiger partial charge in [0, 0.05) is 10.6 Å². The maximum absolute atomic E-state index is 12.3. The molecule has 10 heteroatoms. The second-order valence-electron chi connectivity index (χ2n) is 5.81. The lowest BCUT2D eigenvalue weighted by molar-refractivity contribution is -0.0497. The maximum atomic E-state index is 12.3. The molecule has 0 saturated carbocycles. The van der Waals surface area contributed by atoms with E-state index in [2.05, 4.69) is 15.4 Å². The van der Waals surface area contributed by atoms with Crippen LogP contribution in [0.25, 0.3) is 10.4 Å². The molecule has 156 valence electrons. The highest BCUT2D eigenvalue weighted by Crippen LogP contribution is 2.36. The molecule has 1 aromatic heterocycles. The number of thiophene rings is 1. The van der Waals surface area contributed by atoms with E-state index < -0.39 is 12.6 Å². The first-order chi connectivity index (χ1) is 14.4. The number of ether oxygens (including phenoxy) is 2. The van der Waals surface area contributed by atoms with Crippen molar-refractivity contribution in [2.75, 3.05) is 17.7 Å². The molecule has 30 heavy (non-hydrogen) atoms. The third-order valence-corrected chi connectivity index (χ3v) is 5.43. The molecule has 0 atom stereocenters. The zero-order chi connectivity index (χ0) is 21.7. The number of methoxy groups -OCH3 is 1. The van der Waals surface area contributed by atoms with Gasteiger partial charge >= 0.3 is 12.6 Å². The Morgan fingerprint density at radius 1 is 1.13 bits per heavy atom. The van der Waals surface area contributed by atoms with Crippen molar-refractivity contribution in [2.45, 2.75) is 6.61 Å². The lowest BCUT2D eigenvalue weighted by Gasteiger charge is -2.12. The van der Waals surface area contributed by atoms with Gasteiger partial charge in [-0.25, -0.2) is 4.79 Å².